The zero-order valence-corrected chi connectivity index (χ0v) is 31.5. The molecule has 7 heteroatoms. The minimum atomic E-state index is -1.01. The van der Waals surface area contributed by atoms with Gasteiger partial charge in [0.05, 0.1) is 17.8 Å². The first kappa shape index (κ1) is 37.2. The van der Waals surface area contributed by atoms with Gasteiger partial charge in [-0.3, -0.25) is 0 Å². The zero-order valence-electron chi connectivity index (χ0n) is 31.5. The van der Waals surface area contributed by atoms with Crippen molar-refractivity contribution in [2.75, 3.05) is 19.8 Å². The smallest absolute Gasteiger partial charge is 0.157 e. The molecular formula is C41H69FO6. The molecule has 2 saturated heterocycles. The van der Waals surface area contributed by atoms with Crippen molar-refractivity contribution >= 4 is 0 Å². The summed E-state index contributed by atoms with van der Waals surface area (Å²) in [6, 6.07) is 0. The minimum Gasteiger partial charge on any atom is -0.353 e. The molecule has 2 heterocycles. The molecule has 3 saturated carbocycles. The number of ether oxygens (including phenoxy) is 6. The Labute approximate surface area is 291 Å². The Hall–Kier alpha value is -0.570. The van der Waals surface area contributed by atoms with Crippen LogP contribution in [0.5, 0.6) is 0 Å². The van der Waals surface area contributed by atoms with Crippen LogP contribution in [0.25, 0.3) is 0 Å². The Morgan fingerprint density at radius 1 is 0.917 bits per heavy atom. The van der Waals surface area contributed by atoms with E-state index in [9.17, 15) is 0 Å². The minimum absolute atomic E-state index is 0.00764. The summed E-state index contributed by atoms with van der Waals surface area (Å²) in [6.45, 7) is 17.3. The highest BCUT2D eigenvalue weighted by atomic mass is 19.1. The molecule has 13 atom stereocenters. The molecule has 6 nitrogen and oxygen atoms in total. The van der Waals surface area contributed by atoms with Gasteiger partial charge in [0.25, 0.3) is 0 Å². The van der Waals surface area contributed by atoms with Crippen LogP contribution in [0.15, 0.2) is 11.6 Å². The number of fused-ring (bicyclic) bond motifs is 5. The van der Waals surface area contributed by atoms with Gasteiger partial charge >= 0.3 is 0 Å². The van der Waals surface area contributed by atoms with Crippen LogP contribution in [0, 0.1) is 40.4 Å². The number of rotatable bonds is 13. The molecule has 2 aliphatic heterocycles. The van der Waals surface area contributed by atoms with Gasteiger partial charge in [-0.15, -0.1) is 0 Å². The number of halogens is 1. The van der Waals surface area contributed by atoms with Crippen molar-refractivity contribution < 1.29 is 32.8 Å². The lowest BCUT2D eigenvalue weighted by Gasteiger charge is -2.60. The Kier molecular flexibility index (Phi) is 12.1. The van der Waals surface area contributed by atoms with E-state index < -0.39 is 18.1 Å². The zero-order chi connectivity index (χ0) is 34.1. The van der Waals surface area contributed by atoms with Crippen molar-refractivity contribution in [1.29, 1.82) is 0 Å². The van der Waals surface area contributed by atoms with Crippen LogP contribution in [-0.4, -0.2) is 62.7 Å². The highest BCUT2D eigenvalue weighted by Gasteiger charge is 2.62. The molecule has 276 valence electrons. The third-order valence-corrected chi connectivity index (χ3v) is 14.3. The second kappa shape index (κ2) is 15.6. The lowest BCUT2D eigenvalue weighted by molar-refractivity contribution is -0.248. The van der Waals surface area contributed by atoms with E-state index in [1.807, 2.05) is 27.7 Å². The maximum Gasteiger partial charge on any atom is 0.157 e. The van der Waals surface area contributed by atoms with Crippen LogP contribution in [0.2, 0.25) is 0 Å². The van der Waals surface area contributed by atoms with Crippen molar-refractivity contribution in [3.63, 3.8) is 0 Å². The fourth-order valence-electron chi connectivity index (χ4n) is 11.7. The first-order valence-corrected chi connectivity index (χ1v) is 20.1. The molecule has 0 aromatic heterocycles. The van der Waals surface area contributed by atoms with Crippen LogP contribution in [0.1, 0.15) is 145 Å². The molecule has 5 fully saturated rings. The molecule has 6 aliphatic rings. The SMILES string of the molecule is CCOC(C)OC(C)(C)[C@@H](F)CC[C@@H](C)[C@H]1CC[C@H]2[C@@H]3CC=C4C[C@@H](OC5CCCCO5)C[C@H](OC5CCCCO5)[C@]4(C)[C@H]3CC[C@]12C. The van der Waals surface area contributed by atoms with Gasteiger partial charge in [0.15, 0.2) is 18.9 Å². The first-order chi connectivity index (χ1) is 23.0. The summed E-state index contributed by atoms with van der Waals surface area (Å²) in [7, 11) is 0. The summed E-state index contributed by atoms with van der Waals surface area (Å²) in [5, 5.41) is 0. The summed E-state index contributed by atoms with van der Waals surface area (Å²) in [5.74, 6) is 3.14. The molecule has 0 spiro atoms. The molecule has 0 N–H and O–H groups in total. The average molecular weight is 677 g/mol. The average Bonchev–Trinajstić information content (AvgIpc) is 3.42. The predicted octanol–water partition coefficient (Wildman–Crippen LogP) is 9.93. The van der Waals surface area contributed by atoms with E-state index >= 15 is 4.39 Å². The van der Waals surface area contributed by atoms with Crippen molar-refractivity contribution in [2.24, 2.45) is 40.4 Å². The summed E-state index contributed by atoms with van der Waals surface area (Å²) >= 11 is 0. The number of alkyl halides is 1. The van der Waals surface area contributed by atoms with E-state index in [-0.39, 0.29) is 30.2 Å². The third-order valence-electron chi connectivity index (χ3n) is 14.3. The molecular weight excluding hydrogens is 607 g/mol. The third kappa shape index (κ3) is 7.63. The quantitative estimate of drug-likeness (QED) is 0.143. The molecule has 4 aliphatic carbocycles. The van der Waals surface area contributed by atoms with E-state index in [0.717, 1.165) is 58.2 Å². The molecule has 0 aromatic rings. The molecule has 48 heavy (non-hydrogen) atoms. The van der Waals surface area contributed by atoms with Crippen molar-refractivity contribution in [1.82, 2.24) is 0 Å². The predicted molar refractivity (Wildman–Crippen MR) is 187 cm³/mol. The van der Waals surface area contributed by atoms with Crippen molar-refractivity contribution in [3.8, 4) is 0 Å². The summed E-state index contributed by atoms with van der Waals surface area (Å²) in [5.41, 5.74) is 1.03. The highest BCUT2D eigenvalue weighted by molar-refractivity contribution is 5.28. The van der Waals surface area contributed by atoms with Gasteiger partial charge < -0.3 is 28.4 Å². The Balaban J connectivity index is 1.14. The second-order valence-corrected chi connectivity index (χ2v) is 17.5. The Bertz CT molecular complexity index is 1070. The highest BCUT2D eigenvalue weighted by Crippen LogP contribution is 2.68. The molecule has 6 rings (SSSR count). The second-order valence-electron chi connectivity index (χ2n) is 17.5. The standard InChI is InChI=1S/C41H69FO6/c1-8-43-28(3)48-39(4,5)35(42)20-15-27(2)32-18-19-33-31-17-16-29-25-30(46-37-13-9-11-23-44-37)26-36(47-38-14-10-12-24-45-38)41(29,7)34(31)21-22-40(32,33)6/h16,27-28,30-38H,8-15,17-26H2,1-7H3/t27-,28?,30-,31+,32-,33+,34+,35+,36+,37?,38?,40-,41+/m1/s1. The van der Waals surface area contributed by atoms with Gasteiger partial charge in [-0.2, -0.15) is 0 Å². The van der Waals surface area contributed by atoms with Gasteiger partial charge in [-0.25, -0.2) is 4.39 Å². The van der Waals surface area contributed by atoms with Gasteiger partial charge in [-0.1, -0.05) is 32.4 Å². The van der Waals surface area contributed by atoms with Crippen molar-refractivity contribution in [2.45, 2.75) is 188 Å². The van der Waals surface area contributed by atoms with Crippen LogP contribution in [-0.2, 0) is 28.4 Å². The molecule has 0 aromatic carbocycles. The number of hydrogen-bond acceptors (Lipinski definition) is 6. The lowest BCUT2D eigenvalue weighted by atomic mass is 9.46. The summed E-state index contributed by atoms with van der Waals surface area (Å²) in [6.07, 6.45) is 17.5. The summed E-state index contributed by atoms with van der Waals surface area (Å²) in [4.78, 5) is 0. The maximum absolute atomic E-state index is 15.6. The van der Waals surface area contributed by atoms with Gasteiger partial charge in [0, 0.05) is 31.7 Å². The molecule has 0 amide bonds. The number of allylic oxidation sites excluding steroid dienone is 1. The van der Waals surface area contributed by atoms with Gasteiger partial charge in [0.2, 0.25) is 0 Å². The van der Waals surface area contributed by atoms with E-state index in [1.165, 1.54) is 44.9 Å². The van der Waals surface area contributed by atoms with E-state index in [4.69, 9.17) is 28.4 Å². The van der Waals surface area contributed by atoms with Gasteiger partial charge in [0.1, 0.15) is 6.17 Å². The Morgan fingerprint density at radius 3 is 2.29 bits per heavy atom. The normalized spacial score (nSPS) is 42.2. The van der Waals surface area contributed by atoms with E-state index in [2.05, 4.69) is 26.8 Å². The largest absolute Gasteiger partial charge is 0.353 e. The van der Waals surface area contributed by atoms with Crippen LogP contribution >= 0.6 is 0 Å². The van der Waals surface area contributed by atoms with Crippen LogP contribution in [0.3, 0.4) is 0 Å². The van der Waals surface area contributed by atoms with E-state index in [1.54, 1.807) is 5.57 Å². The topological polar surface area (TPSA) is 55.4 Å². The fraction of sp³-hybridized carbons (Fsp3) is 0.951. The van der Waals surface area contributed by atoms with Crippen LogP contribution in [0.4, 0.5) is 4.39 Å². The molecule has 3 unspecified atom stereocenters. The Morgan fingerprint density at radius 2 is 1.62 bits per heavy atom. The fourth-order valence-corrected chi connectivity index (χ4v) is 11.7. The first-order valence-electron chi connectivity index (χ1n) is 20.1. The van der Waals surface area contributed by atoms with Crippen molar-refractivity contribution in [3.05, 3.63) is 11.6 Å². The summed E-state index contributed by atoms with van der Waals surface area (Å²) < 4.78 is 53.1. The monoisotopic (exact) mass is 677 g/mol. The van der Waals surface area contributed by atoms with Gasteiger partial charge in [-0.05, 0) is 153 Å². The number of hydrogen-bond donors (Lipinski definition) is 0. The van der Waals surface area contributed by atoms with E-state index in [0.29, 0.717) is 48.0 Å². The van der Waals surface area contributed by atoms with Crippen LogP contribution < -0.4 is 0 Å². The molecule has 0 radical (unpaired) electrons. The lowest BCUT2D eigenvalue weighted by Crippen LogP contribution is -2.57. The molecule has 0 bridgehead atoms. The maximum atomic E-state index is 15.6.